The SMILES string of the molecule is CCOS(=O)c1ccc2cc(I)ccc2c1-c1c(OC)ccc2cc(I)ccc12. The minimum atomic E-state index is -1.57. The largest absolute Gasteiger partial charge is 0.496 e. The summed E-state index contributed by atoms with van der Waals surface area (Å²) in [7, 11) is 1.67. The first kappa shape index (κ1) is 21.0. The zero-order valence-corrected chi connectivity index (χ0v) is 21.0. The van der Waals surface area contributed by atoms with Crippen molar-refractivity contribution in [3.63, 3.8) is 0 Å². The van der Waals surface area contributed by atoms with Crippen LogP contribution in [0.5, 0.6) is 5.75 Å². The fraction of sp³-hybridized carbons (Fsp3) is 0.130. The number of ether oxygens (including phenoxy) is 1. The highest BCUT2D eigenvalue weighted by atomic mass is 127. The van der Waals surface area contributed by atoms with Gasteiger partial charge >= 0.3 is 0 Å². The molecule has 4 aromatic rings. The molecule has 4 rings (SSSR count). The molecular weight excluding hydrogens is 610 g/mol. The van der Waals surface area contributed by atoms with E-state index in [2.05, 4.69) is 87.6 Å². The zero-order chi connectivity index (χ0) is 20.5. The summed E-state index contributed by atoms with van der Waals surface area (Å²) in [4.78, 5) is 0.657. The van der Waals surface area contributed by atoms with Crippen molar-refractivity contribution in [3.05, 3.63) is 67.8 Å². The van der Waals surface area contributed by atoms with E-state index in [4.69, 9.17) is 8.92 Å². The number of benzene rings is 4. The predicted molar refractivity (Wildman–Crippen MR) is 137 cm³/mol. The molecule has 0 saturated heterocycles. The van der Waals surface area contributed by atoms with Crippen molar-refractivity contribution in [1.29, 1.82) is 0 Å². The standard InChI is InChI=1S/C23H18I2O3S/c1-3-28-29(26)21-11-5-15-13-17(25)7-9-19(15)23(21)22-18-8-6-16(24)12-14(18)4-10-20(22)27-2/h4-13H,3H2,1-2H3. The van der Waals surface area contributed by atoms with Crippen molar-refractivity contribution >= 4 is 77.8 Å². The van der Waals surface area contributed by atoms with Gasteiger partial charge in [0.2, 0.25) is 0 Å². The van der Waals surface area contributed by atoms with Gasteiger partial charge in [0, 0.05) is 18.3 Å². The summed E-state index contributed by atoms with van der Waals surface area (Å²) in [5.74, 6) is 0.750. The maximum atomic E-state index is 13.0. The highest BCUT2D eigenvalue weighted by Crippen LogP contribution is 2.44. The van der Waals surface area contributed by atoms with Gasteiger partial charge in [0.25, 0.3) is 0 Å². The van der Waals surface area contributed by atoms with Crippen LogP contribution in [-0.2, 0) is 15.3 Å². The summed E-state index contributed by atoms with van der Waals surface area (Å²) < 4.78 is 26.6. The Hall–Kier alpha value is -1.23. The van der Waals surface area contributed by atoms with E-state index in [-0.39, 0.29) is 0 Å². The van der Waals surface area contributed by atoms with Crippen LogP contribution in [0.3, 0.4) is 0 Å². The number of methoxy groups -OCH3 is 1. The van der Waals surface area contributed by atoms with Crippen LogP contribution < -0.4 is 4.74 Å². The monoisotopic (exact) mass is 628 g/mol. The van der Waals surface area contributed by atoms with E-state index < -0.39 is 11.1 Å². The average molecular weight is 628 g/mol. The van der Waals surface area contributed by atoms with Crippen molar-refractivity contribution in [2.24, 2.45) is 0 Å². The third kappa shape index (κ3) is 4.04. The summed E-state index contributed by atoms with van der Waals surface area (Å²) in [5.41, 5.74) is 1.84. The third-order valence-electron chi connectivity index (χ3n) is 4.76. The molecule has 0 fully saturated rings. The van der Waals surface area contributed by atoms with Crippen LogP contribution in [0.2, 0.25) is 0 Å². The number of halogens is 2. The van der Waals surface area contributed by atoms with Crippen LogP contribution in [-0.4, -0.2) is 17.9 Å². The Balaban J connectivity index is 2.17. The molecule has 148 valence electrons. The van der Waals surface area contributed by atoms with E-state index >= 15 is 0 Å². The van der Waals surface area contributed by atoms with Crippen LogP contribution in [0.4, 0.5) is 0 Å². The van der Waals surface area contributed by atoms with E-state index in [1.807, 2.05) is 25.1 Å². The molecule has 0 bridgehead atoms. The summed E-state index contributed by atoms with van der Waals surface area (Å²) in [6.07, 6.45) is 0. The van der Waals surface area contributed by atoms with Gasteiger partial charge in [-0.15, -0.1) is 0 Å². The molecule has 0 heterocycles. The second-order valence-electron chi connectivity index (χ2n) is 6.45. The number of hydrogen-bond acceptors (Lipinski definition) is 3. The fourth-order valence-corrected chi connectivity index (χ4v) is 5.49. The third-order valence-corrected chi connectivity index (χ3v) is 7.25. The van der Waals surface area contributed by atoms with Crippen LogP contribution in [0.1, 0.15) is 6.92 Å². The molecule has 0 aliphatic rings. The molecular formula is C23H18I2O3S. The Morgan fingerprint density at radius 2 is 1.41 bits per heavy atom. The van der Waals surface area contributed by atoms with Gasteiger partial charge in [-0.2, -0.15) is 0 Å². The van der Waals surface area contributed by atoms with Crippen LogP contribution in [0.15, 0.2) is 65.6 Å². The van der Waals surface area contributed by atoms with E-state index in [0.717, 1.165) is 45.6 Å². The number of hydrogen-bond donors (Lipinski definition) is 0. The second-order valence-corrected chi connectivity index (χ2v) is 10.1. The molecule has 0 aliphatic carbocycles. The summed E-state index contributed by atoms with van der Waals surface area (Å²) >= 11 is 3.06. The molecule has 4 aromatic carbocycles. The quantitative estimate of drug-likeness (QED) is 0.225. The average Bonchev–Trinajstić information content (AvgIpc) is 2.72. The maximum Gasteiger partial charge on any atom is 0.189 e. The van der Waals surface area contributed by atoms with Crippen molar-refractivity contribution in [2.45, 2.75) is 11.8 Å². The van der Waals surface area contributed by atoms with E-state index in [1.54, 1.807) is 7.11 Å². The topological polar surface area (TPSA) is 35.5 Å². The van der Waals surface area contributed by atoms with Gasteiger partial charge in [-0.1, -0.05) is 24.3 Å². The van der Waals surface area contributed by atoms with E-state index in [9.17, 15) is 4.21 Å². The molecule has 0 aromatic heterocycles. The second kappa shape index (κ2) is 8.87. The van der Waals surface area contributed by atoms with Gasteiger partial charge in [-0.25, -0.2) is 4.21 Å². The van der Waals surface area contributed by atoms with E-state index in [0.29, 0.717) is 11.5 Å². The molecule has 29 heavy (non-hydrogen) atoms. The smallest absolute Gasteiger partial charge is 0.189 e. The molecule has 1 atom stereocenters. The van der Waals surface area contributed by atoms with Gasteiger partial charge in [-0.05, 0) is 110 Å². The Morgan fingerprint density at radius 3 is 2.00 bits per heavy atom. The summed E-state index contributed by atoms with van der Waals surface area (Å²) in [6.45, 7) is 2.23. The highest BCUT2D eigenvalue weighted by molar-refractivity contribution is 14.1. The lowest BCUT2D eigenvalue weighted by Gasteiger charge is -2.18. The Bertz CT molecular complexity index is 1250. The first-order chi connectivity index (χ1) is 14.0. The number of rotatable bonds is 5. The van der Waals surface area contributed by atoms with Gasteiger partial charge in [-0.3, -0.25) is 4.18 Å². The van der Waals surface area contributed by atoms with Gasteiger partial charge < -0.3 is 4.74 Å². The molecule has 0 N–H and O–H groups in total. The normalized spacial score (nSPS) is 12.4. The molecule has 0 spiro atoms. The van der Waals surface area contributed by atoms with Crippen molar-refractivity contribution < 1.29 is 13.1 Å². The van der Waals surface area contributed by atoms with Gasteiger partial charge in [0.05, 0.1) is 18.6 Å². The molecule has 0 saturated carbocycles. The minimum Gasteiger partial charge on any atom is -0.496 e. The van der Waals surface area contributed by atoms with Crippen molar-refractivity contribution in [1.82, 2.24) is 0 Å². The van der Waals surface area contributed by atoms with Crippen molar-refractivity contribution in [3.8, 4) is 16.9 Å². The molecule has 0 radical (unpaired) electrons. The fourth-order valence-electron chi connectivity index (χ4n) is 3.56. The van der Waals surface area contributed by atoms with Crippen molar-refractivity contribution in [2.75, 3.05) is 13.7 Å². The Labute approximate surface area is 199 Å². The molecule has 3 nitrogen and oxygen atoms in total. The lowest BCUT2D eigenvalue weighted by Crippen LogP contribution is -2.02. The molecule has 1 unspecified atom stereocenters. The predicted octanol–water partition coefficient (Wildman–Crippen LogP) is 6.94. The van der Waals surface area contributed by atoms with E-state index in [1.165, 1.54) is 0 Å². The lowest BCUT2D eigenvalue weighted by molar-refractivity contribution is 0.372. The zero-order valence-electron chi connectivity index (χ0n) is 15.9. The minimum absolute atomic E-state index is 0.377. The first-order valence-electron chi connectivity index (χ1n) is 9.07. The maximum absolute atomic E-state index is 13.0. The first-order valence-corrected chi connectivity index (χ1v) is 12.3. The lowest BCUT2D eigenvalue weighted by atomic mass is 9.93. The van der Waals surface area contributed by atoms with Gasteiger partial charge in [0.15, 0.2) is 11.1 Å². The van der Waals surface area contributed by atoms with Crippen LogP contribution in [0.25, 0.3) is 32.7 Å². The summed E-state index contributed by atoms with van der Waals surface area (Å²) in [6, 6.07) is 20.6. The van der Waals surface area contributed by atoms with Crippen LogP contribution >= 0.6 is 45.2 Å². The highest BCUT2D eigenvalue weighted by Gasteiger charge is 2.21. The Morgan fingerprint density at radius 1 is 0.828 bits per heavy atom. The van der Waals surface area contributed by atoms with Gasteiger partial charge in [0.1, 0.15) is 5.75 Å². The molecule has 0 amide bonds. The molecule has 0 aliphatic heterocycles. The van der Waals surface area contributed by atoms with Crippen LogP contribution in [0, 0.1) is 7.14 Å². The number of fused-ring (bicyclic) bond motifs is 2. The molecule has 6 heteroatoms. The Kier molecular flexibility index (Phi) is 6.43. The summed E-state index contributed by atoms with van der Waals surface area (Å²) in [5, 5.41) is 4.29.